The molecule has 5 rings (SSSR count). The van der Waals surface area contributed by atoms with Crippen molar-refractivity contribution in [2.75, 3.05) is 18.5 Å². The lowest BCUT2D eigenvalue weighted by atomic mass is 9.80. The number of benzene rings is 2. The van der Waals surface area contributed by atoms with Crippen LogP contribution in [0.1, 0.15) is 35.3 Å². The Labute approximate surface area is 152 Å². The van der Waals surface area contributed by atoms with E-state index >= 15 is 0 Å². The van der Waals surface area contributed by atoms with E-state index in [0.717, 1.165) is 36.4 Å². The Morgan fingerprint density at radius 2 is 2.00 bits per heavy atom. The summed E-state index contributed by atoms with van der Waals surface area (Å²) in [6.45, 7) is 1.41. The van der Waals surface area contributed by atoms with E-state index in [-0.39, 0.29) is 23.0 Å². The summed E-state index contributed by atoms with van der Waals surface area (Å²) in [4.78, 5) is 0.125. The molecule has 0 amide bonds. The topological polar surface area (TPSA) is 90.7 Å². The molecule has 0 aromatic heterocycles. The smallest absolute Gasteiger partial charge is 0.238 e. The van der Waals surface area contributed by atoms with Gasteiger partial charge < -0.3 is 14.8 Å². The highest BCUT2D eigenvalue weighted by Gasteiger charge is 2.42. The first-order valence-corrected chi connectivity index (χ1v) is 10.4. The van der Waals surface area contributed by atoms with E-state index in [1.54, 1.807) is 18.2 Å². The molecule has 0 spiro atoms. The normalized spacial score (nSPS) is 26.4. The maximum atomic E-state index is 11.7. The van der Waals surface area contributed by atoms with E-state index in [1.165, 1.54) is 11.1 Å². The van der Waals surface area contributed by atoms with Gasteiger partial charge in [-0.2, -0.15) is 0 Å². The molecule has 1 saturated heterocycles. The molecule has 3 aliphatic rings. The van der Waals surface area contributed by atoms with E-state index in [0.29, 0.717) is 6.61 Å². The number of ether oxygens (including phenoxy) is 2. The molecular formula is C19H20N2O4S. The number of hydrogen-bond acceptors (Lipinski definition) is 5. The minimum atomic E-state index is -3.73. The molecule has 2 aromatic rings. The molecule has 7 heteroatoms. The Morgan fingerprint density at radius 3 is 2.85 bits per heavy atom. The standard InChI is InChI=1S/C19H20N2O4S/c20-26(22,23)13-2-3-16-15(10-13)19-14(6-8-25-19)18(21-16)12-1-4-17-11(9-12)5-7-24-17/h1-4,9-10,14,18-19,21H,5-8H2,(H2,20,22,23)/t14-,18?,19-/m0/s1. The number of nitrogens with two attached hydrogens (primary N) is 1. The van der Waals surface area contributed by atoms with Crippen LogP contribution in [0, 0.1) is 5.92 Å². The number of nitrogens with one attached hydrogen (secondary N) is 1. The second-order valence-electron chi connectivity index (χ2n) is 7.13. The zero-order valence-corrected chi connectivity index (χ0v) is 15.0. The van der Waals surface area contributed by atoms with Gasteiger partial charge in [0.15, 0.2) is 0 Å². The molecule has 0 saturated carbocycles. The molecular weight excluding hydrogens is 352 g/mol. The summed E-state index contributed by atoms with van der Waals surface area (Å²) in [5, 5.41) is 8.89. The van der Waals surface area contributed by atoms with Gasteiger partial charge in [-0.25, -0.2) is 13.6 Å². The lowest BCUT2D eigenvalue weighted by molar-refractivity contribution is 0.0827. The van der Waals surface area contributed by atoms with Gasteiger partial charge in [-0.3, -0.25) is 0 Å². The first-order chi connectivity index (χ1) is 12.5. The van der Waals surface area contributed by atoms with Gasteiger partial charge in [-0.15, -0.1) is 0 Å². The van der Waals surface area contributed by atoms with Crippen molar-refractivity contribution in [2.45, 2.75) is 29.9 Å². The molecule has 2 aromatic carbocycles. The Morgan fingerprint density at radius 1 is 1.12 bits per heavy atom. The van der Waals surface area contributed by atoms with Crippen molar-refractivity contribution in [1.29, 1.82) is 0 Å². The van der Waals surface area contributed by atoms with Crippen LogP contribution in [0.4, 0.5) is 5.69 Å². The van der Waals surface area contributed by atoms with E-state index in [1.807, 2.05) is 6.07 Å². The number of anilines is 1. The molecule has 26 heavy (non-hydrogen) atoms. The summed E-state index contributed by atoms with van der Waals surface area (Å²) < 4.78 is 35.0. The molecule has 1 unspecified atom stereocenters. The van der Waals surface area contributed by atoms with Gasteiger partial charge >= 0.3 is 0 Å². The van der Waals surface area contributed by atoms with Crippen molar-refractivity contribution < 1.29 is 17.9 Å². The number of hydrogen-bond donors (Lipinski definition) is 2. The van der Waals surface area contributed by atoms with Crippen molar-refractivity contribution in [3.05, 3.63) is 53.1 Å². The van der Waals surface area contributed by atoms with Crippen molar-refractivity contribution >= 4 is 15.7 Å². The van der Waals surface area contributed by atoms with Crippen LogP contribution in [0.15, 0.2) is 41.3 Å². The van der Waals surface area contributed by atoms with Gasteiger partial charge in [0, 0.05) is 30.2 Å². The summed E-state index contributed by atoms with van der Waals surface area (Å²) in [7, 11) is -3.73. The number of fused-ring (bicyclic) bond motifs is 4. The molecule has 1 fully saturated rings. The zero-order chi connectivity index (χ0) is 17.9. The number of rotatable bonds is 2. The highest BCUT2D eigenvalue weighted by molar-refractivity contribution is 7.89. The Hall–Kier alpha value is -2.09. The SMILES string of the molecule is NS(=O)(=O)c1ccc2c(c1)[C@H]1OCC[C@H]1C(c1ccc3c(c1)CCO3)N2. The van der Waals surface area contributed by atoms with Gasteiger partial charge in [-0.1, -0.05) is 6.07 Å². The molecule has 3 heterocycles. The lowest BCUT2D eigenvalue weighted by Gasteiger charge is -2.36. The summed E-state index contributed by atoms with van der Waals surface area (Å²) in [6, 6.07) is 11.5. The third-order valence-corrected chi connectivity index (χ3v) is 6.52. The fraction of sp³-hybridized carbons (Fsp3) is 0.368. The van der Waals surface area contributed by atoms with Crippen LogP contribution in [0.5, 0.6) is 5.75 Å². The highest BCUT2D eigenvalue weighted by Crippen LogP contribution is 2.50. The van der Waals surface area contributed by atoms with Crippen LogP contribution in [-0.2, 0) is 21.2 Å². The van der Waals surface area contributed by atoms with E-state index in [9.17, 15) is 8.42 Å². The monoisotopic (exact) mass is 372 g/mol. The predicted octanol–water partition coefficient (Wildman–Crippen LogP) is 2.51. The van der Waals surface area contributed by atoms with Crippen LogP contribution < -0.4 is 15.2 Å². The van der Waals surface area contributed by atoms with Crippen molar-refractivity contribution in [3.63, 3.8) is 0 Å². The molecule has 3 aliphatic heterocycles. The quantitative estimate of drug-likeness (QED) is 0.845. The van der Waals surface area contributed by atoms with E-state index in [4.69, 9.17) is 14.6 Å². The van der Waals surface area contributed by atoms with Crippen molar-refractivity contribution in [2.24, 2.45) is 11.1 Å². The zero-order valence-electron chi connectivity index (χ0n) is 14.1. The fourth-order valence-electron chi connectivity index (χ4n) is 4.36. The van der Waals surface area contributed by atoms with Crippen LogP contribution in [-0.4, -0.2) is 21.6 Å². The van der Waals surface area contributed by atoms with Gasteiger partial charge in [0.2, 0.25) is 10.0 Å². The molecule has 3 atom stereocenters. The van der Waals surface area contributed by atoms with Crippen LogP contribution >= 0.6 is 0 Å². The van der Waals surface area contributed by atoms with Gasteiger partial charge in [-0.05, 0) is 47.9 Å². The predicted molar refractivity (Wildman–Crippen MR) is 96.6 cm³/mol. The summed E-state index contributed by atoms with van der Waals surface area (Å²) in [5.74, 6) is 1.22. The molecule has 6 nitrogen and oxygen atoms in total. The molecule has 136 valence electrons. The summed E-state index contributed by atoms with van der Waals surface area (Å²) >= 11 is 0. The third kappa shape index (κ3) is 2.50. The summed E-state index contributed by atoms with van der Waals surface area (Å²) in [6.07, 6.45) is 1.74. The Bertz CT molecular complexity index is 989. The maximum absolute atomic E-state index is 11.7. The largest absolute Gasteiger partial charge is 0.493 e. The molecule has 0 radical (unpaired) electrons. The minimum Gasteiger partial charge on any atom is -0.493 e. The van der Waals surface area contributed by atoms with Gasteiger partial charge in [0.05, 0.1) is 23.6 Å². The Kier molecular flexibility index (Phi) is 3.53. The van der Waals surface area contributed by atoms with Crippen LogP contribution in [0.3, 0.4) is 0 Å². The average molecular weight is 372 g/mol. The van der Waals surface area contributed by atoms with Gasteiger partial charge in [0.25, 0.3) is 0 Å². The molecule has 0 aliphatic carbocycles. The van der Waals surface area contributed by atoms with Gasteiger partial charge in [0.1, 0.15) is 5.75 Å². The van der Waals surface area contributed by atoms with Crippen molar-refractivity contribution in [1.82, 2.24) is 0 Å². The third-order valence-electron chi connectivity index (χ3n) is 5.61. The first kappa shape index (κ1) is 16.1. The molecule has 0 bridgehead atoms. The van der Waals surface area contributed by atoms with Crippen LogP contribution in [0.25, 0.3) is 0 Å². The Balaban J connectivity index is 1.57. The second-order valence-corrected chi connectivity index (χ2v) is 8.69. The second kappa shape index (κ2) is 5.70. The number of primary sulfonamides is 1. The fourth-order valence-corrected chi connectivity index (χ4v) is 4.91. The van der Waals surface area contributed by atoms with E-state index < -0.39 is 10.0 Å². The maximum Gasteiger partial charge on any atom is 0.238 e. The van der Waals surface area contributed by atoms with Crippen molar-refractivity contribution in [3.8, 4) is 5.75 Å². The van der Waals surface area contributed by atoms with E-state index in [2.05, 4.69) is 17.4 Å². The number of sulfonamides is 1. The summed E-state index contributed by atoms with van der Waals surface area (Å²) in [5.41, 5.74) is 4.24. The van der Waals surface area contributed by atoms with Crippen LogP contribution in [0.2, 0.25) is 0 Å². The first-order valence-electron chi connectivity index (χ1n) is 8.81. The lowest BCUT2D eigenvalue weighted by Crippen LogP contribution is -2.29. The highest BCUT2D eigenvalue weighted by atomic mass is 32.2. The minimum absolute atomic E-state index is 0.123. The molecule has 3 N–H and O–H groups in total. The average Bonchev–Trinajstić information content (AvgIpc) is 3.28.